The van der Waals surface area contributed by atoms with Crippen LogP contribution in [0.15, 0.2) is 18.5 Å². The molecule has 27 heavy (non-hydrogen) atoms. The fraction of sp³-hybridized carbons (Fsp3) is 0.588. The molecule has 0 spiro atoms. The molecule has 10 heteroatoms. The summed E-state index contributed by atoms with van der Waals surface area (Å²) in [6.45, 7) is 1.68. The van der Waals surface area contributed by atoms with Crippen LogP contribution in [0.5, 0.6) is 0 Å². The van der Waals surface area contributed by atoms with Gasteiger partial charge in [0.1, 0.15) is 18.2 Å². The summed E-state index contributed by atoms with van der Waals surface area (Å²) in [7, 11) is 1.54. The van der Waals surface area contributed by atoms with Gasteiger partial charge in [0.25, 0.3) is 0 Å². The number of likely N-dealkylation sites (tertiary alicyclic amines) is 1. The van der Waals surface area contributed by atoms with Crippen LogP contribution in [-0.2, 0) is 15.7 Å². The van der Waals surface area contributed by atoms with E-state index in [1.54, 1.807) is 16.9 Å². The summed E-state index contributed by atoms with van der Waals surface area (Å²) >= 11 is 0. The summed E-state index contributed by atoms with van der Waals surface area (Å²) < 4.78 is 46.8. The third-order valence-corrected chi connectivity index (χ3v) is 5.28. The first-order valence-electron chi connectivity index (χ1n) is 8.87. The van der Waals surface area contributed by atoms with Crippen molar-refractivity contribution in [2.45, 2.75) is 37.6 Å². The first kappa shape index (κ1) is 18.0. The molecule has 0 N–H and O–H groups in total. The van der Waals surface area contributed by atoms with Crippen LogP contribution in [0.25, 0.3) is 5.65 Å². The van der Waals surface area contributed by atoms with E-state index < -0.39 is 17.8 Å². The first-order valence-corrected chi connectivity index (χ1v) is 8.87. The standard InChI is InChI=1S/C17H20F3N5O2/c1-27-12-8-13(16(26)23-4-2-3-5-23)24(9-12)15-7-11(17(18,19)20)6-14-21-10-22-25(14)15/h6-7,10,12-13H,2-5,8-9H2,1H3/t12-,13-/m0/s1. The third kappa shape index (κ3) is 3.22. The molecule has 2 aromatic heterocycles. The van der Waals surface area contributed by atoms with Crippen molar-refractivity contribution in [3.63, 3.8) is 0 Å². The van der Waals surface area contributed by atoms with Crippen LogP contribution in [0, 0.1) is 0 Å². The van der Waals surface area contributed by atoms with E-state index in [1.807, 2.05) is 0 Å². The zero-order chi connectivity index (χ0) is 19.2. The number of nitrogens with zero attached hydrogens (tertiary/aromatic N) is 5. The Morgan fingerprint density at radius 2 is 2.00 bits per heavy atom. The number of pyridine rings is 1. The molecule has 4 rings (SSSR count). The summed E-state index contributed by atoms with van der Waals surface area (Å²) in [4.78, 5) is 20.4. The number of fused-ring (bicyclic) bond motifs is 1. The lowest BCUT2D eigenvalue weighted by Gasteiger charge is -2.29. The van der Waals surface area contributed by atoms with E-state index in [-0.39, 0.29) is 23.5 Å². The molecule has 2 aliphatic rings. The third-order valence-electron chi connectivity index (χ3n) is 5.28. The molecule has 2 fully saturated rings. The van der Waals surface area contributed by atoms with Crippen LogP contribution in [0.1, 0.15) is 24.8 Å². The fourth-order valence-electron chi connectivity index (χ4n) is 3.88. The van der Waals surface area contributed by atoms with Crippen molar-refractivity contribution < 1.29 is 22.7 Å². The van der Waals surface area contributed by atoms with Gasteiger partial charge in [-0.3, -0.25) is 4.79 Å². The maximum absolute atomic E-state index is 13.4. The number of amides is 1. The molecule has 0 radical (unpaired) electrons. The van der Waals surface area contributed by atoms with E-state index in [0.29, 0.717) is 26.1 Å². The number of halogens is 3. The number of ether oxygens (including phenoxy) is 1. The summed E-state index contributed by atoms with van der Waals surface area (Å²) in [5, 5.41) is 4.06. The average Bonchev–Trinajstić information content (AvgIpc) is 3.38. The molecule has 1 amide bonds. The number of methoxy groups -OCH3 is 1. The van der Waals surface area contributed by atoms with Crippen molar-refractivity contribution in [3.8, 4) is 0 Å². The van der Waals surface area contributed by atoms with Gasteiger partial charge in [0, 0.05) is 33.2 Å². The van der Waals surface area contributed by atoms with E-state index in [1.165, 1.54) is 10.8 Å². The fourth-order valence-corrected chi connectivity index (χ4v) is 3.88. The lowest BCUT2D eigenvalue weighted by molar-refractivity contribution is -0.137. The van der Waals surface area contributed by atoms with Crippen LogP contribution >= 0.6 is 0 Å². The minimum Gasteiger partial charge on any atom is -0.380 e. The minimum atomic E-state index is -4.52. The molecule has 2 atom stereocenters. The van der Waals surface area contributed by atoms with E-state index in [0.717, 1.165) is 25.0 Å². The molecular formula is C17H20F3N5O2. The van der Waals surface area contributed by atoms with Gasteiger partial charge in [0.2, 0.25) is 5.91 Å². The van der Waals surface area contributed by atoms with E-state index in [9.17, 15) is 18.0 Å². The molecule has 0 aliphatic carbocycles. The van der Waals surface area contributed by atoms with Crippen molar-refractivity contribution in [2.24, 2.45) is 0 Å². The number of anilines is 1. The molecule has 0 unspecified atom stereocenters. The van der Waals surface area contributed by atoms with Crippen LogP contribution < -0.4 is 4.90 Å². The topological polar surface area (TPSA) is 63.0 Å². The molecule has 0 aromatic carbocycles. The molecule has 2 aliphatic heterocycles. The van der Waals surface area contributed by atoms with E-state index >= 15 is 0 Å². The molecule has 2 aromatic rings. The molecule has 7 nitrogen and oxygen atoms in total. The number of carbonyl (C=O) groups is 1. The zero-order valence-electron chi connectivity index (χ0n) is 14.8. The summed E-state index contributed by atoms with van der Waals surface area (Å²) in [6, 6.07) is 1.41. The monoisotopic (exact) mass is 383 g/mol. The second-order valence-corrected chi connectivity index (χ2v) is 6.92. The van der Waals surface area contributed by atoms with E-state index in [4.69, 9.17) is 4.74 Å². The van der Waals surface area contributed by atoms with Crippen LogP contribution in [0.3, 0.4) is 0 Å². The Labute approximate surface area is 153 Å². The van der Waals surface area contributed by atoms with Gasteiger partial charge in [0.05, 0.1) is 11.7 Å². The van der Waals surface area contributed by atoms with Gasteiger partial charge < -0.3 is 14.5 Å². The highest BCUT2D eigenvalue weighted by Gasteiger charge is 2.42. The maximum atomic E-state index is 13.4. The number of aromatic nitrogens is 3. The Bertz CT molecular complexity index is 847. The molecular weight excluding hydrogens is 363 g/mol. The largest absolute Gasteiger partial charge is 0.416 e. The Balaban J connectivity index is 1.77. The normalized spacial score (nSPS) is 23.6. The molecule has 0 bridgehead atoms. The summed E-state index contributed by atoms with van der Waals surface area (Å²) in [6.07, 6.45) is -1.23. The Morgan fingerprint density at radius 1 is 1.26 bits per heavy atom. The number of hydrogen-bond donors (Lipinski definition) is 0. The predicted octanol–water partition coefficient (Wildman–Crippen LogP) is 1.96. The van der Waals surface area contributed by atoms with Crippen molar-refractivity contribution in [3.05, 3.63) is 24.0 Å². The van der Waals surface area contributed by atoms with Crippen LogP contribution in [-0.4, -0.2) is 64.3 Å². The second-order valence-electron chi connectivity index (χ2n) is 6.92. The Morgan fingerprint density at radius 3 is 2.67 bits per heavy atom. The van der Waals surface area contributed by atoms with Gasteiger partial charge in [-0.25, -0.2) is 4.98 Å². The summed E-state index contributed by atoms with van der Waals surface area (Å²) in [5.41, 5.74) is -0.723. The molecule has 0 saturated carbocycles. The van der Waals surface area contributed by atoms with Crippen molar-refractivity contribution in [2.75, 3.05) is 31.6 Å². The highest BCUT2D eigenvalue weighted by Crippen LogP contribution is 2.35. The summed E-state index contributed by atoms with van der Waals surface area (Å²) in [5.74, 6) is 0.132. The van der Waals surface area contributed by atoms with Gasteiger partial charge in [-0.05, 0) is 25.0 Å². The van der Waals surface area contributed by atoms with Crippen molar-refractivity contribution in [1.29, 1.82) is 0 Å². The molecule has 146 valence electrons. The lowest BCUT2D eigenvalue weighted by atomic mass is 10.1. The Kier molecular flexibility index (Phi) is 4.45. The molecule has 2 saturated heterocycles. The van der Waals surface area contributed by atoms with Crippen LogP contribution in [0.4, 0.5) is 19.0 Å². The van der Waals surface area contributed by atoms with Gasteiger partial charge >= 0.3 is 6.18 Å². The maximum Gasteiger partial charge on any atom is 0.416 e. The highest BCUT2D eigenvalue weighted by atomic mass is 19.4. The van der Waals surface area contributed by atoms with Gasteiger partial charge in [-0.1, -0.05) is 0 Å². The molecule has 4 heterocycles. The predicted molar refractivity (Wildman–Crippen MR) is 90.4 cm³/mol. The van der Waals surface area contributed by atoms with Gasteiger partial charge in [-0.2, -0.15) is 22.8 Å². The van der Waals surface area contributed by atoms with Gasteiger partial charge in [-0.15, -0.1) is 0 Å². The first-order chi connectivity index (χ1) is 12.9. The minimum absolute atomic E-state index is 0.0715. The Hall–Kier alpha value is -2.36. The zero-order valence-corrected chi connectivity index (χ0v) is 14.8. The van der Waals surface area contributed by atoms with Crippen molar-refractivity contribution in [1.82, 2.24) is 19.5 Å². The van der Waals surface area contributed by atoms with Gasteiger partial charge in [0.15, 0.2) is 5.65 Å². The quantitative estimate of drug-likeness (QED) is 0.811. The van der Waals surface area contributed by atoms with Crippen LogP contribution in [0.2, 0.25) is 0 Å². The average molecular weight is 383 g/mol. The number of carbonyl (C=O) groups excluding carboxylic acids is 1. The SMILES string of the molecule is CO[C@H]1C[C@@H](C(=O)N2CCCC2)N(c2cc(C(F)(F)F)cc3ncnn23)C1. The number of alkyl halides is 3. The smallest absolute Gasteiger partial charge is 0.380 e. The van der Waals surface area contributed by atoms with E-state index in [2.05, 4.69) is 10.1 Å². The lowest BCUT2D eigenvalue weighted by Crippen LogP contribution is -2.45. The number of hydrogen-bond acceptors (Lipinski definition) is 5. The highest BCUT2D eigenvalue weighted by molar-refractivity contribution is 5.86. The number of rotatable bonds is 3. The van der Waals surface area contributed by atoms with Crippen molar-refractivity contribution >= 4 is 17.4 Å². The second kappa shape index (κ2) is 6.66.